The molecule has 0 radical (unpaired) electrons. The Balaban J connectivity index is 1.48. The summed E-state index contributed by atoms with van der Waals surface area (Å²) in [7, 11) is 0. The summed E-state index contributed by atoms with van der Waals surface area (Å²) in [5.41, 5.74) is 0.700. The molecule has 8 nitrogen and oxygen atoms in total. The highest BCUT2D eigenvalue weighted by Gasteiger charge is 2.53. The number of rotatable bonds is 6. The molecule has 0 spiro atoms. The topological polar surface area (TPSA) is 108 Å². The molecule has 1 aliphatic heterocycles. The number of esters is 2. The number of non-ortho nitro benzene ring substituents is 1. The number of epoxide rings is 1. The molecule has 2 aromatic carbocycles. The first-order chi connectivity index (χ1) is 12.0. The van der Waals surface area contributed by atoms with Gasteiger partial charge in [0.1, 0.15) is 12.4 Å². The highest BCUT2D eigenvalue weighted by atomic mass is 16.7. The van der Waals surface area contributed by atoms with Gasteiger partial charge in [0, 0.05) is 12.1 Å². The van der Waals surface area contributed by atoms with Gasteiger partial charge in [-0.05, 0) is 17.7 Å². The summed E-state index contributed by atoms with van der Waals surface area (Å²) in [6.07, 6.45) is -2.02. The van der Waals surface area contributed by atoms with Gasteiger partial charge in [0.2, 0.25) is 0 Å². The smallest absolute Gasteiger partial charge is 0.344 e. The van der Waals surface area contributed by atoms with E-state index in [0.29, 0.717) is 0 Å². The summed E-state index contributed by atoms with van der Waals surface area (Å²) in [6.45, 7) is 0.0870. The van der Waals surface area contributed by atoms with E-state index in [1.54, 1.807) is 12.1 Å². The van der Waals surface area contributed by atoms with E-state index in [1.807, 2.05) is 18.2 Å². The first-order valence-electron chi connectivity index (χ1n) is 7.37. The van der Waals surface area contributed by atoms with E-state index >= 15 is 0 Å². The molecule has 1 heterocycles. The molecule has 128 valence electrons. The number of carbonyl (C=O) groups is 2. The number of hydrogen-bond donors (Lipinski definition) is 0. The van der Waals surface area contributed by atoms with Gasteiger partial charge in [-0.1, -0.05) is 30.3 Å². The van der Waals surface area contributed by atoms with Crippen LogP contribution in [-0.2, 0) is 25.7 Å². The molecule has 3 rings (SSSR count). The quantitative estimate of drug-likeness (QED) is 0.259. The number of nitro groups is 1. The fourth-order valence-corrected chi connectivity index (χ4v) is 2.09. The van der Waals surface area contributed by atoms with Crippen molar-refractivity contribution in [3.05, 3.63) is 70.3 Å². The van der Waals surface area contributed by atoms with Crippen LogP contribution in [0.1, 0.15) is 5.56 Å². The SMILES string of the molecule is O=C(OCc1ccccc1)[C@H]1O[C@@H]1C(=O)Oc1ccc([N+](=O)[O-])cc1. The standard InChI is InChI=1S/C17H13NO7/c19-16(23-10-11-4-2-1-3-5-11)14-15(25-14)17(20)24-13-8-6-12(7-9-13)18(21)22/h1-9,14-15H,10H2/t14-,15-/m0/s1. The maximum Gasteiger partial charge on any atom is 0.344 e. The summed E-state index contributed by atoms with van der Waals surface area (Å²) in [6, 6.07) is 14.1. The average molecular weight is 343 g/mol. The average Bonchev–Trinajstić information content (AvgIpc) is 3.42. The molecule has 8 heteroatoms. The van der Waals surface area contributed by atoms with Gasteiger partial charge in [-0.25, -0.2) is 9.59 Å². The van der Waals surface area contributed by atoms with Gasteiger partial charge in [0.15, 0.2) is 12.2 Å². The lowest BCUT2D eigenvalue weighted by Crippen LogP contribution is -2.22. The van der Waals surface area contributed by atoms with Crippen LogP contribution in [0, 0.1) is 10.1 Å². The van der Waals surface area contributed by atoms with Crippen LogP contribution in [0.5, 0.6) is 5.75 Å². The summed E-state index contributed by atoms with van der Waals surface area (Å²) < 4.78 is 15.1. The Labute approximate surface area is 142 Å². The largest absolute Gasteiger partial charge is 0.459 e. The number of nitrogens with zero attached hydrogens (tertiary/aromatic N) is 1. The fourth-order valence-electron chi connectivity index (χ4n) is 2.09. The highest BCUT2D eigenvalue weighted by molar-refractivity contribution is 5.90. The normalized spacial score (nSPS) is 18.2. The number of ether oxygens (including phenoxy) is 3. The predicted molar refractivity (Wildman–Crippen MR) is 83.6 cm³/mol. The van der Waals surface area contributed by atoms with Crippen LogP contribution in [-0.4, -0.2) is 29.1 Å². The molecule has 2 aromatic rings. The monoisotopic (exact) mass is 343 g/mol. The molecule has 2 atom stereocenters. The molecular formula is C17H13NO7. The molecule has 0 bridgehead atoms. The van der Waals surface area contributed by atoms with Gasteiger partial charge in [-0.3, -0.25) is 10.1 Å². The first-order valence-corrected chi connectivity index (χ1v) is 7.37. The molecule has 0 saturated carbocycles. The van der Waals surface area contributed by atoms with E-state index in [9.17, 15) is 19.7 Å². The highest BCUT2D eigenvalue weighted by Crippen LogP contribution is 2.27. The minimum atomic E-state index is -1.03. The lowest BCUT2D eigenvalue weighted by atomic mass is 10.2. The van der Waals surface area contributed by atoms with Gasteiger partial charge >= 0.3 is 11.9 Å². The van der Waals surface area contributed by atoms with Gasteiger partial charge in [-0.2, -0.15) is 0 Å². The molecule has 1 saturated heterocycles. The summed E-state index contributed by atoms with van der Waals surface area (Å²) in [5.74, 6) is -1.27. The van der Waals surface area contributed by atoms with E-state index in [4.69, 9.17) is 14.2 Å². The summed E-state index contributed by atoms with van der Waals surface area (Å²) in [4.78, 5) is 33.7. The number of nitro benzene ring substituents is 1. The lowest BCUT2D eigenvalue weighted by molar-refractivity contribution is -0.384. The van der Waals surface area contributed by atoms with Crippen molar-refractivity contribution in [2.45, 2.75) is 18.8 Å². The van der Waals surface area contributed by atoms with Crippen LogP contribution in [0.4, 0.5) is 5.69 Å². The summed E-state index contributed by atoms with van der Waals surface area (Å²) in [5, 5.41) is 10.6. The van der Waals surface area contributed by atoms with Gasteiger partial charge in [0.05, 0.1) is 4.92 Å². The Hall–Kier alpha value is -3.26. The Bertz CT molecular complexity index is 788. The van der Waals surface area contributed by atoms with Crippen molar-refractivity contribution in [2.24, 2.45) is 0 Å². The van der Waals surface area contributed by atoms with E-state index in [2.05, 4.69) is 0 Å². The molecular weight excluding hydrogens is 330 g/mol. The fraction of sp³-hybridized carbons (Fsp3) is 0.176. The van der Waals surface area contributed by atoms with E-state index in [1.165, 1.54) is 24.3 Å². The Morgan fingerprint density at radius 3 is 2.28 bits per heavy atom. The molecule has 25 heavy (non-hydrogen) atoms. The maximum atomic E-state index is 11.9. The second-order valence-electron chi connectivity index (χ2n) is 5.24. The molecule has 0 N–H and O–H groups in total. The van der Waals surface area contributed by atoms with Gasteiger partial charge in [-0.15, -0.1) is 0 Å². The molecule has 0 aliphatic carbocycles. The lowest BCUT2D eigenvalue weighted by Gasteiger charge is -2.03. The predicted octanol–water partition coefficient (Wildman–Crippen LogP) is 2.01. The Kier molecular flexibility index (Phi) is 4.71. The van der Waals surface area contributed by atoms with Crippen molar-refractivity contribution in [2.75, 3.05) is 0 Å². The maximum absolute atomic E-state index is 11.9. The van der Waals surface area contributed by atoms with Crippen molar-refractivity contribution >= 4 is 17.6 Å². The molecule has 1 aliphatic rings. The second kappa shape index (κ2) is 7.10. The minimum Gasteiger partial charge on any atom is -0.459 e. The Morgan fingerprint density at radius 1 is 1.00 bits per heavy atom. The molecule has 0 unspecified atom stereocenters. The zero-order chi connectivity index (χ0) is 17.8. The number of benzene rings is 2. The molecule has 0 aromatic heterocycles. The van der Waals surface area contributed by atoms with Crippen molar-refractivity contribution < 1.29 is 28.7 Å². The Morgan fingerprint density at radius 2 is 1.64 bits per heavy atom. The number of hydrogen-bond acceptors (Lipinski definition) is 7. The third kappa shape index (κ3) is 4.18. The van der Waals surface area contributed by atoms with Gasteiger partial charge < -0.3 is 14.2 Å². The summed E-state index contributed by atoms with van der Waals surface area (Å²) >= 11 is 0. The van der Waals surface area contributed by atoms with Crippen molar-refractivity contribution in [3.63, 3.8) is 0 Å². The molecule has 0 amide bonds. The third-order valence-electron chi connectivity index (χ3n) is 3.45. The van der Waals surface area contributed by atoms with Crippen LogP contribution in [0.2, 0.25) is 0 Å². The number of carbonyl (C=O) groups excluding carboxylic acids is 2. The van der Waals surface area contributed by atoms with Crippen LogP contribution >= 0.6 is 0 Å². The van der Waals surface area contributed by atoms with E-state index < -0.39 is 29.1 Å². The first kappa shape index (κ1) is 16.6. The van der Waals surface area contributed by atoms with E-state index in [0.717, 1.165) is 5.56 Å². The van der Waals surface area contributed by atoms with Gasteiger partial charge in [0.25, 0.3) is 5.69 Å². The van der Waals surface area contributed by atoms with Crippen LogP contribution < -0.4 is 4.74 Å². The second-order valence-corrected chi connectivity index (χ2v) is 5.24. The molecule has 1 fully saturated rings. The van der Waals surface area contributed by atoms with E-state index in [-0.39, 0.29) is 18.0 Å². The van der Waals surface area contributed by atoms with Crippen molar-refractivity contribution in [1.29, 1.82) is 0 Å². The zero-order valence-corrected chi connectivity index (χ0v) is 12.9. The minimum absolute atomic E-state index is 0.0870. The van der Waals surface area contributed by atoms with Crippen molar-refractivity contribution in [1.82, 2.24) is 0 Å². The van der Waals surface area contributed by atoms with Crippen LogP contribution in [0.15, 0.2) is 54.6 Å². The third-order valence-corrected chi connectivity index (χ3v) is 3.45. The van der Waals surface area contributed by atoms with Crippen LogP contribution in [0.25, 0.3) is 0 Å². The van der Waals surface area contributed by atoms with Crippen molar-refractivity contribution in [3.8, 4) is 5.75 Å². The zero-order valence-electron chi connectivity index (χ0n) is 12.9. The van der Waals surface area contributed by atoms with Crippen LogP contribution in [0.3, 0.4) is 0 Å².